The monoisotopic (exact) mass is 419 g/mol. The number of anilines is 4. The van der Waals surface area contributed by atoms with Gasteiger partial charge in [-0.3, -0.25) is 0 Å². The van der Waals surface area contributed by atoms with Crippen LogP contribution in [-0.4, -0.2) is 35.3 Å². The Bertz CT molecular complexity index is 994. The SMILES string of the molecule is CN(C)c1nc(N/N=C\c2ccc(Cl)cc2Cl)nc(Nc2ccc(F)cc2)n1. The summed E-state index contributed by atoms with van der Waals surface area (Å²) in [5.41, 5.74) is 4.08. The second-order valence-corrected chi connectivity index (χ2v) is 6.69. The van der Waals surface area contributed by atoms with Crippen molar-refractivity contribution in [3.8, 4) is 0 Å². The Morgan fingerprint density at radius 3 is 2.39 bits per heavy atom. The van der Waals surface area contributed by atoms with Crippen molar-refractivity contribution in [2.24, 2.45) is 5.10 Å². The fraction of sp³-hybridized carbons (Fsp3) is 0.111. The average molecular weight is 420 g/mol. The minimum absolute atomic E-state index is 0.227. The third-order valence-electron chi connectivity index (χ3n) is 3.45. The number of aromatic nitrogens is 3. The molecule has 0 aliphatic rings. The summed E-state index contributed by atoms with van der Waals surface area (Å²) in [6.45, 7) is 0. The fourth-order valence-electron chi connectivity index (χ4n) is 2.10. The molecule has 0 radical (unpaired) electrons. The second-order valence-electron chi connectivity index (χ2n) is 5.84. The van der Waals surface area contributed by atoms with Gasteiger partial charge in [-0.05, 0) is 36.4 Å². The van der Waals surface area contributed by atoms with Crippen LogP contribution >= 0.6 is 23.2 Å². The summed E-state index contributed by atoms with van der Waals surface area (Å²) in [5, 5.41) is 8.13. The predicted octanol–water partition coefficient (Wildman–Crippen LogP) is 4.57. The topological polar surface area (TPSA) is 78.3 Å². The summed E-state index contributed by atoms with van der Waals surface area (Å²) in [4.78, 5) is 14.6. The van der Waals surface area contributed by atoms with Gasteiger partial charge in [-0.25, -0.2) is 9.82 Å². The molecule has 0 amide bonds. The van der Waals surface area contributed by atoms with Crippen molar-refractivity contribution in [1.29, 1.82) is 0 Å². The molecule has 0 saturated carbocycles. The summed E-state index contributed by atoms with van der Waals surface area (Å²) in [7, 11) is 3.61. The van der Waals surface area contributed by atoms with Crippen LogP contribution in [0.5, 0.6) is 0 Å². The highest BCUT2D eigenvalue weighted by molar-refractivity contribution is 6.36. The number of hydrazone groups is 1. The van der Waals surface area contributed by atoms with Gasteiger partial charge in [0.15, 0.2) is 0 Å². The van der Waals surface area contributed by atoms with Gasteiger partial charge in [-0.2, -0.15) is 20.1 Å². The van der Waals surface area contributed by atoms with Crippen LogP contribution in [0, 0.1) is 5.82 Å². The lowest BCUT2D eigenvalue weighted by Crippen LogP contribution is -2.15. The first-order valence-electron chi connectivity index (χ1n) is 8.11. The van der Waals surface area contributed by atoms with E-state index in [1.807, 2.05) is 0 Å². The van der Waals surface area contributed by atoms with Gasteiger partial charge in [0, 0.05) is 30.4 Å². The van der Waals surface area contributed by atoms with E-state index in [1.54, 1.807) is 49.3 Å². The molecule has 0 unspecified atom stereocenters. The van der Waals surface area contributed by atoms with Crippen LogP contribution in [0.15, 0.2) is 47.6 Å². The number of benzene rings is 2. The van der Waals surface area contributed by atoms with Crippen LogP contribution in [-0.2, 0) is 0 Å². The van der Waals surface area contributed by atoms with Gasteiger partial charge >= 0.3 is 0 Å². The van der Waals surface area contributed by atoms with Crippen LogP contribution in [0.4, 0.5) is 27.9 Å². The smallest absolute Gasteiger partial charge is 0.250 e. The molecule has 0 spiro atoms. The Kier molecular flexibility index (Phi) is 6.23. The van der Waals surface area contributed by atoms with Gasteiger partial charge in [-0.1, -0.05) is 29.3 Å². The van der Waals surface area contributed by atoms with E-state index < -0.39 is 0 Å². The molecule has 0 aliphatic heterocycles. The van der Waals surface area contributed by atoms with Crippen molar-refractivity contribution >= 4 is 52.9 Å². The molecule has 0 atom stereocenters. The van der Waals surface area contributed by atoms with Crippen molar-refractivity contribution in [2.45, 2.75) is 0 Å². The van der Waals surface area contributed by atoms with Crippen LogP contribution in [0.25, 0.3) is 0 Å². The Labute approximate surface area is 171 Å². The molecule has 3 rings (SSSR count). The Morgan fingerprint density at radius 2 is 1.71 bits per heavy atom. The lowest BCUT2D eigenvalue weighted by atomic mass is 10.2. The summed E-state index contributed by atoms with van der Waals surface area (Å²) >= 11 is 12.0. The van der Waals surface area contributed by atoms with Gasteiger partial charge in [0.25, 0.3) is 0 Å². The van der Waals surface area contributed by atoms with Gasteiger partial charge in [0.2, 0.25) is 17.8 Å². The zero-order chi connectivity index (χ0) is 20.1. The Hall–Kier alpha value is -2.97. The van der Waals surface area contributed by atoms with E-state index >= 15 is 0 Å². The van der Waals surface area contributed by atoms with Crippen LogP contribution in [0.1, 0.15) is 5.56 Å². The fourth-order valence-corrected chi connectivity index (χ4v) is 2.56. The van der Waals surface area contributed by atoms with Gasteiger partial charge in [0.05, 0.1) is 11.2 Å². The minimum atomic E-state index is -0.326. The number of nitrogens with one attached hydrogen (secondary N) is 2. The molecule has 3 aromatic rings. The van der Waals surface area contributed by atoms with E-state index in [0.29, 0.717) is 27.2 Å². The molecular weight excluding hydrogens is 404 g/mol. The van der Waals surface area contributed by atoms with E-state index in [-0.39, 0.29) is 17.7 Å². The van der Waals surface area contributed by atoms with Crippen molar-refractivity contribution < 1.29 is 4.39 Å². The summed E-state index contributed by atoms with van der Waals surface area (Å²) in [6.07, 6.45) is 1.53. The molecule has 0 bridgehead atoms. The first-order valence-corrected chi connectivity index (χ1v) is 8.86. The molecule has 0 fully saturated rings. The van der Waals surface area contributed by atoms with E-state index in [2.05, 4.69) is 30.8 Å². The largest absolute Gasteiger partial charge is 0.347 e. The number of hydrogen-bond donors (Lipinski definition) is 2. The standard InChI is InChI=1S/C18H16Cl2FN7/c1-28(2)18-25-16(23-14-7-5-13(21)6-8-14)24-17(26-18)27-22-10-11-3-4-12(19)9-15(11)20/h3-10H,1-2H3,(H2,23,24,25,26,27)/b22-10-. The van der Waals surface area contributed by atoms with Crippen molar-refractivity contribution in [3.63, 3.8) is 0 Å². The van der Waals surface area contributed by atoms with E-state index in [1.165, 1.54) is 18.3 Å². The van der Waals surface area contributed by atoms with Crippen molar-refractivity contribution in [1.82, 2.24) is 15.0 Å². The van der Waals surface area contributed by atoms with E-state index in [4.69, 9.17) is 23.2 Å². The number of halogens is 3. The second kappa shape index (κ2) is 8.81. The molecule has 7 nitrogen and oxygen atoms in total. The first kappa shape index (κ1) is 19.8. The molecule has 2 aromatic carbocycles. The summed E-state index contributed by atoms with van der Waals surface area (Å²) in [6, 6.07) is 10.9. The highest BCUT2D eigenvalue weighted by Crippen LogP contribution is 2.20. The summed E-state index contributed by atoms with van der Waals surface area (Å²) in [5.74, 6) is 0.603. The molecule has 0 saturated heterocycles. The van der Waals surface area contributed by atoms with E-state index in [9.17, 15) is 4.39 Å². The normalized spacial score (nSPS) is 10.9. The lowest BCUT2D eigenvalue weighted by molar-refractivity contribution is 0.628. The molecule has 2 N–H and O–H groups in total. The van der Waals surface area contributed by atoms with Crippen molar-refractivity contribution in [2.75, 3.05) is 29.7 Å². The number of rotatable bonds is 6. The molecule has 144 valence electrons. The molecule has 1 heterocycles. The summed E-state index contributed by atoms with van der Waals surface area (Å²) < 4.78 is 13.1. The van der Waals surface area contributed by atoms with Crippen molar-refractivity contribution in [3.05, 3.63) is 63.9 Å². The third kappa shape index (κ3) is 5.28. The van der Waals surface area contributed by atoms with Gasteiger partial charge in [-0.15, -0.1) is 0 Å². The Morgan fingerprint density at radius 1 is 1.00 bits per heavy atom. The molecule has 10 heteroatoms. The van der Waals surface area contributed by atoms with Gasteiger partial charge in [0.1, 0.15) is 5.82 Å². The molecule has 0 aliphatic carbocycles. The molecule has 1 aromatic heterocycles. The molecule has 28 heavy (non-hydrogen) atoms. The zero-order valence-electron chi connectivity index (χ0n) is 15.0. The van der Waals surface area contributed by atoms with Crippen LogP contribution in [0.3, 0.4) is 0 Å². The zero-order valence-corrected chi connectivity index (χ0v) is 16.5. The number of hydrogen-bond acceptors (Lipinski definition) is 7. The van der Waals surface area contributed by atoms with Crippen LogP contribution < -0.4 is 15.6 Å². The number of nitrogens with zero attached hydrogens (tertiary/aromatic N) is 5. The van der Waals surface area contributed by atoms with Crippen LogP contribution in [0.2, 0.25) is 10.0 Å². The lowest BCUT2D eigenvalue weighted by Gasteiger charge is -2.13. The van der Waals surface area contributed by atoms with Gasteiger partial charge < -0.3 is 10.2 Å². The third-order valence-corrected chi connectivity index (χ3v) is 4.02. The first-order chi connectivity index (χ1) is 13.4. The average Bonchev–Trinajstić information content (AvgIpc) is 2.65. The highest BCUT2D eigenvalue weighted by atomic mass is 35.5. The maximum atomic E-state index is 13.1. The maximum Gasteiger partial charge on any atom is 0.250 e. The quantitative estimate of drug-likeness (QED) is 0.449. The molecular formula is C18H16Cl2FN7. The predicted molar refractivity (Wildman–Crippen MR) is 112 cm³/mol. The minimum Gasteiger partial charge on any atom is -0.347 e. The maximum absolute atomic E-state index is 13.1. The highest BCUT2D eigenvalue weighted by Gasteiger charge is 2.08. The Balaban J connectivity index is 1.80. The van der Waals surface area contributed by atoms with E-state index in [0.717, 1.165) is 0 Å².